The number of pyridine rings is 1. The summed E-state index contributed by atoms with van der Waals surface area (Å²) in [5.41, 5.74) is 1.74. The van der Waals surface area contributed by atoms with Gasteiger partial charge in [0.2, 0.25) is 5.88 Å². The summed E-state index contributed by atoms with van der Waals surface area (Å²) in [6.07, 6.45) is 1.71. The van der Waals surface area contributed by atoms with Gasteiger partial charge >= 0.3 is 0 Å². The summed E-state index contributed by atoms with van der Waals surface area (Å²) >= 11 is 0. The van der Waals surface area contributed by atoms with E-state index in [-0.39, 0.29) is 11.2 Å². The smallest absolute Gasteiger partial charge is 0.213 e. The number of aromatic nitrogens is 1. The fourth-order valence-corrected chi connectivity index (χ4v) is 2.39. The summed E-state index contributed by atoms with van der Waals surface area (Å²) in [6.45, 7) is 5.35. The molecule has 0 amide bonds. The van der Waals surface area contributed by atoms with Gasteiger partial charge in [-0.05, 0) is 29.3 Å². The number of methoxy groups -OCH3 is 1. The number of guanidine groups is 1. The summed E-state index contributed by atoms with van der Waals surface area (Å²) in [5.74, 6) is 1.04. The maximum absolute atomic E-state index is 13.5. The van der Waals surface area contributed by atoms with Crippen molar-refractivity contribution in [3.8, 4) is 5.88 Å². The van der Waals surface area contributed by atoms with Gasteiger partial charge < -0.3 is 15.4 Å². The number of benzene rings is 1. The van der Waals surface area contributed by atoms with Crippen LogP contribution in [0.4, 0.5) is 4.39 Å². The number of hydrogen-bond donors (Lipinski definition) is 2. The zero-order valence-electron chi connectivity index (χ0n) is 15.1. The highest BCUT2D eigenvalue weighted by atomic mass is 19.1. The molecular formula is C19H25FN4O. The molecule has 2 aromatic rings. The Kier molecular flexibility index (Phi) is 6.33. The quantitative estimate of drug-likeness (QED) is 0.625. The Morgan fingerprint density at radius 2 is 2.04 bits per heavy atom. The third-order valence-corrected chi connectivity index (χ3v) is 4.00. The summed E-state index contributed by atoms with van der Waals surface area (Å²) in [5, 5.41) is 6.55. The lowest BCUT2D eigenvalue weighted by atomic mass is 9.84. The summed E-state index contributed by atoms with van der Waals surface area (Å²) in [6, 6.07) is 10.5. The van der Waals surface area contributed by atoms with Crippen LogP contribution in [0.3, 0.4) is 0 Å². The number of ether oxygens (including phenoxy) is 1. The summed E-state index contributed by atoms with van der Waals surface area (Å²) in [7, 11) is 3.31. The normalized spacial score (nSPS) is 12.0. The molecule has 0 bridgehead atoms. The topological polar surface area (TPSA) is 58.5 Å². The first-order chi connectivity index (χ1) is 11.9. The van der Waals surface area contributed by atoms with E-state index in [1.54, 1.807) is 32.5 Å². The minimum atomic E-state index is -0.237. The fourth-order valence-electron chi connectivity index (χ4n) is 2.39. The number of aliphatic imine (C=N–C) groups is 1. The molecule has 1 aromatic carbocycles. The minimum Gasteiger partial charge on any atom is -0.481 e. The molecule has 2 N–H and O–H groups in total. The van der Waals surface area contributed by atoms with Crippen molar-refractivity contribution >= 4 is 5.96 Å². The molecule has 0 saturated carbocycles. The molecule has 0 radical (unpaired) electrons. The van der Waals surface area contributed by atoms with Crippen LogP contribution in [0.25, 0.3) is 0 Å². The molecule has 0 unspecified atom stereocenters. The van der Waals surface area contributed by atoms with Crippen LogP contribution in [-0.4, -0.2) is 31.6 Å². The van der Waals surface area contributed by atoms with Gasteiger partial charge in [-0.3, -0.25) is 4.99 Å². The molecule has 25 heavy (non-hydrogen) atoms. The van der Waals surface area contributed by atoms with Crippen LogP contribution in [0.5, 0.6) is 5.88 Å². The predicted octanol–water partition coefficient (Wildman–Crippen LogP) is 2.87. The highest BCUT2D eigenvalue weighted by molar-refractivity contribution is 5.79. The first-order valence-electron chi connectivity index (χ1n) is 8.14. The number of nitrogens with one attached hydrogen (secondary N) is 2. The van der Waals surface area contributed by atoms with Gasteiger partial charge in [-0.25, -0.2) is 9.37 Å². The molecule has 0 saturated heterocycles. The van der Waals surface area contributed by atoms with Gasteiger partial charge in [-0.15, -0.1) is 0 Å². The van der Waals surface area contributed by atoms with Crippen LogP contribution in [0.2, 0.25) is 0 Å². The van der Waals surface area contributed by atoms with Crippen LogP contribution in [0.15, 0.2) is 47.6 Å². The van der Waals surface area contributed by atoms with Crippen LogP contribution >= 0.6 is 0 Å². The minimum absolute atomic E-state index is 0.222. The first kappa shape index (κ1) is 18.7. The lowest BCUT2D eigenvalue weighted by Gasteiger charge is -2.27. The van der Waals surface area contributed by atoms with Gasteiger partial charge in [-0.2, -0.15) is 0 Å². The Bertz CT molecular complexity index is 731. The number of halogens is 1. The van der Waals surface area contributed by atoms with E-state index in [2.05, 4.69) is 34.5 Å². The molecule has 0 aliphatic heterocycles. The maximum Gasteiger partial charge on any atom is 0.213 e. The van der Waals surface area contributed by atoms with E-state index in [0.29, 0.717) is 24.9 Å². The number of nitrogens with zero attached hydrogens (tertiary/aromatic N) is 2. The Balaban J connectivity index is 1.93. The fraction of sp³-hybridized carbons (Fsp3) is 0.368. The van der Waals surface area contributed by atoms with Crippen molar-refractivity contribution in [1.82, 2.24) is 15.6 Å². The van der Waals surface area contributed by atoms with E-state index in [0.717, 1.165) is 11.1 Å². The summed E-state index contributed by atoms with van der Waals surface area (Å²) in [4.78, 5) is 8.32. The molecule has 0 atom stereocenters. The van der Waals surface area contributed by atoms with Crippen molar-refractivity contribution in [1.29, 1.82) is 0 Å². The summed E-state index contributed by atoms with van der Waals surface area (Å²) < 4.78 is 18.6. The van der Waals surface area contributed by atoms with Gasteiger partial charge in [-0.1, -0.05) is 26.0 Å². The molecule has 1 heterocycles. The van der Waals surface area contributed by atoms with Gasteiger partial charge in [0.15, 0.2) is 5.96 Å². The van der Waals surface area contributed by atoms with Crippen LogP contribution in [-0.2, 0) is 12.0 Å². The van der Waals surface area contributed by atoms with Crippen molar-refractivity contribution in [3.05, 3.63) is 59.5 Å². The second-order valence-electron chi connectivity index (χ2n) is 6.38. The van der Waals surface area contributed by atoms with Gasteiger partial charge in [0.05, 0.1) is 7.11 Å². The second-order valence-corrected chi connectivity index (χ2v) is 6.38. The van der Waals surface area contributed by atoms with E-state index in [1.807, 2.05) is 18.2 Å². The van der Waals surface area contributed by atoms with E-state index >= 15 is 0 Å². The van der Waals surface area contributed by atoms with Crippen molar-refractivity contribution in [3.63, 3.8) is 0 Å². The molecule has 2 rings (SSSR count). The third-order valence-electron chi connectivity index (χ3n) is 4.00. The van der Waals surface area contributed by atoms with Crippen molar-refractivity contribution in [2.24, 2.45) is 4.99 Å². The largest absolute Gasteiger partial charge is 0.481 e. The highest BCUT2D eigenvalue weighted by Gasteiger charge is 2.21. The Hall–Kier alpha value is -2.63. The molecule has 0 aliphatic rings. The number of hydrogen-bond acceptors (Lipinski definition) is 3. The molecule has 6 heteroatoms. The molecule has 0 fully saturated rings. The molecular weight excluding hydrogens is 319 g/mol. The zero-order chi connectivity index (χ0) is 18.3. The van der Waals surface area contributed by atoms with Crippen LogP contribution in [0.1, 0.15) is 25.0 Å². The van der Waals surface area contributed by atoms with E-state index < -0.39 is 0 Å². The van der Waals surface area contributed by atoms with Gasteiger partial charge in [0, 0.05) is 37.8 Å². The lowest BCUT2D eigenvalue weighted by Crippen LogP contribution is -2.43. The van der Waals surface area contributed by atoms with Crippen molar-refractivity contribution in [2.75, 3.05) is 20.7 Å². The van der Waals surface area contributed by atoms with E-state index in [9.17, 15) is 4.39 Å². The van der Waals surface area contributed by atoms with Crippen LogP contribution < -0.4 is 15.4 Å². The molecule has 0 spiro atoms. The third kappa shape index (κ3) is 5.45. The molecule has 5 nitrogen and oxygen atoms in total. The predicted molar refractivity (Wildman–Crippen MR) is 98.4 cm³/mol. The number of rotatable bonds is 6. The zero-order valence-corrected chi connectivity index (χ0v) is 15.1. The Morgan fingerprint density at radius 3 is 2.72 bits per heavy atom. The SMILES string of the molecule is CN=C(NCc1ccnc(OC)c1)NCC(C)(C)c1cccc(F)c1. The molecule has 1 aromatic heterocycles. The van der Waals surface area contributed by atoms with E-state index in [1.165, 1.54) is 6.07 Å². The average Bonchev–Trinajstić information content (AvgIpc) is 2.62. The average molecular weight is 344 g/mol. The maximum atomic E-state index is 13.5. The second kappa shape index (κ2) is 8.46. The Labute approximate surface area is 148 Å². The first-order valence-corrected chi connectivity index (χ1v) is 8.14. The Morgan fingerprint density at radius 1 is 1.24 bits per heavy atom. The van der Waals surface area contributed by atoms with E-state index in [4.69, 9.17) is 4.74 Å². The van der Waals surface area contributed by atoms with Crippen LogP contribution in [0, 0.1) is 5.82 Å². The lowest BCUT2D eigenvalue weighted by molar-refractivity contribution is 0.397. The molecule has 134 valence electrons. The van der Waals surface area contributed by atoms with Gasteiger partial charge in [0.1, 0.15) is 5.82 Å². The monoisotopic (exact) mass is 344 g/mol. The van der Waals surface area contributed by atoms with Gasteiger partial charge in [0.25, 0.3) is 0 Å². The van der Waals surface area contributed by atoms with Crippen molar-refractivity contribution in [2.45, 2.75) is 25.8 Å². The highest BCUT2D eigenvalue weighted by Crippen LogP contribution is 2.22. The molecule has 0 aliphatic carbocycles. The standard InChI is InChI=1S/C19H25FN4O/c1-19(2,15-6-5-7-16(20)11-15)13-24-18(21-3)23-12-14-8-9-22-17(10-14)25-4/h5-11H,12-13H2,1-4H3,(H2,21,23,24). The van der Waals surface area contributed by atoms with Crippen molar-refractivity contribution < 1.29 is 9.13 Å².